The molecule has 2 rings (SSSR count). The Labute approximate surface area is 81.3 Å². The summed E-state index contributed by atoms with van der Waals surface area (Å²) in [6, 6.07) is 1.91. The maximum absolute atomic E-state index is 10.4. The second-order valence-corrected chi connectivity index (χ2v) is 3.36. The van der Waals surface area contributed by atoms with Gasteiger partial charge in [0.25, 0.3) is 0 Å². The lowest BCUT2D eigenvalue weighted by Crippen LogP contribution is -2.35. The number of carboxylic acid groups (broad SMARTS) is 1. The molecule has 0 radical (unpaired) electrons. The van der Waals surface area contributed by atoms with Crippen LogP contribution >= 0.6 is 0 Å². The Morgan fingerprint density at radius 1 is 1.71 bits per heavy atom. The van der Waals surface area contributed by atoms with Crippen molar-refractivity contribution in [2.75, 3.05) is 18.0 Å². The van der Waals surface area contributed by atoms with Gasteiger partial charge in [-0.2, -0.15) is 0 Å². The molecule has 1 saturated heterocycles. The summed E-state index contributed by atoms with van der Waals surface area (Å²) in [4.78, 5) is 12.5. The first-order valence-corrected chi connectivity index (χ1v) is 4.52. The second-order valence-electron chi connectivity index (χ2n) is 3.36. The number of rotatable bonds is 2. The average molecular weight is 196 g/mol. The summed E-state index contributed by atoms with van der Waals surface area (Å²) >= 11 is 0. The average Bonchev–Trinajstić information content (AvgIpc) is 2.69. The van der Waals surface area contributed by atoms with Crippen molar-refractivity contribution >= 4 is 11.8 Å². The first kappa shape index (κ1) is 8.93. The van der Waals surface area contributed by atoms with Crippen LogP contribution in [0.15, 0.2) is 23.0 Å². The van der Waals surface area contributed by atoms with Gasteiger partial charge in [0.2, 0.25) is 0 Å². The predicted molar refractivity (Wildman–Crippen MR) is 50.5 cm³/mol. The van der Waals surface area contributed by atoms with E-state index in [1.54, 1.807) is 12.5 Å². The van der Waals surface area contributed by atoms with Gasteiger partial charge in [-0.05, 0) is 12.5 Å². The molecule has 1 aromatic heterocycles. The van der Waals surface area contributed by atoms with Crippen molar-refractivity contribution in [3.05, 3.63) is 18.6 Å². The summed E-state index contributed by atoms with van der Waals surface area (Å²) in [6.45, 7) is 1.58. The molecule has 14 heavy (non-hydrogen) atoms. The fraction of sp³-hybridized carbons (Fsp3) is 0.444. The van der Waals surface area contributed by atoms with Gasteiger partial charge in [-0.3, -0.25) is 0 Å². The minimum absolute atomic E-state index is 0.0300. The Bertz CT molecular complexity index is 310. The standard InChI is InChI=1S/C9H12N2O3/c12-9(13)10-7-1-3-11(5-7)8-2-4-14-6-8/h2,4,6-7,10H,1,3,5H2,(H,12,13)/t7-/m0/s1. The van der Waals surface area contributed by atoms with Crippen molar-refractivity contribution in [2.24, 2.45) is 0 Å². The van der Waals surface area contributed by atoms with E-state index in [-0.39, 0.29) is 6.04 Å². The summed E-state index contributed by atoms with van der Waals surface area (Å²) in [6.07, 6.45) is 3.18. The van der Waals surface area contributed by atoms with Gasteiger partial charge >= 0.3 is 6.09 Å². The molecule has 5 heteroatoms. The highest BCUT2D eigenvalue weighted by Crippen LogP contribution is 2.20. The summed E-state index contributed by atoms with van der Waals surface area (Å²) in [7, 11) is 0. The molecule has 1 fully saturated rings. The molecule has 0 spiro atoms. The van der Waals surface area contributed by atoms with Gasteiger partial charge in [0.05, 0.1) is 18.0 Å². The fourth-order valence-corrected chi connectivity index (χ4v) is 1.72. The van der Waals surface area contributed by atoms with Crippen LogP contribution in [0.4, 0.5) is 10.5 Å². The van der Waals surface area contributed by atoms with E-state index in [9.17, 15) is 4.79 Å². The minimum atomic E-state index is -0.955. The molecule has 2 heterocycles. The van der Waals surface area contributed by atoms with Crippen LogP contribution in [-0.2, 0) is 0 Å². The first-order valence-electron chi connectivity index (χ1n) is 4.52. The van der Waals surface area contributed by atoms with Crippen LogP contribution in [0.2, 0.25) is 0 Å². The van der Waals surface area contributed by atoms with Gasteiger partial charge in [-0.15, -0.1) is 0 Å². The van der Waals surface area contributed by atoms with E-state index in [0.29, 0.717) is 6.54 Å². The maximum Gasteiger partial charge on any atom is 0.404 e. The quantitative estimate of drug-likeness (QED) is 0.744. The van der Waals surface area contributed by atoms with Crippen molar-refractivity contribution in [1.29, 1.82) is 0 Å². The van der Waals surface area contributed by atoms with Gasteiger partial charge in [0.1, 0.15) is 6.26 Å². The number of hydrogen-bond acceptors (Lipinski definition) is 3. The molecule has 0 aromatic carbocycles. The zero-order valence-electron chi connectivity index (χ0n) is 7.64. The topological polar surface area (TPSA) is 65.7 Å². The molecule has 2 N–H and O–H groups in total. The normalized spacial score (nSPS) is 21.1. The van der Waals surface area contributed by atoms with E-state index < -0.39 is 6.09 Å². The van der Waals surface area contributed by atoms with Crippen molar-refractivity contribution in [2.45, 2.75) is 12.5 Å². The third kappa shape index (κ3) is 1.81. The number of hydrogen-bond donors (Lipinski definition) is 2. The van der Waals surface area contributed by atoms with Crippen LogP contribution < -0.4 is 10.2 Å². The van der Waals surface area contributed by atoms with Crippen LogP contribution in [0, 0.1) is 0 Å². The van der Waals surface area contributed by atoms with E-state index >= 15 is 0 Å². The number of furan rings is 1. The molecule has 0 aliphatic carbocycles. The van der Waals surface area contributed by atoms with Crippen LogP contribution in [0.1, 0.15) is 6.42 Å². The Morgan fingerprint density at radius 3 is 3.21 bits per heavy atom. The molecule has 1 aliphatic heterocycles. The predicted octanol–water partition coefficient (Wildman–Crippen LogP) is 1.13. The highest BCUT2D eigenvalue weighted by Gasteiger charge is 2.24. The third-order valence-electron chi connectivity index (χ3n) is 2.39. The Kier molecular flexibility index (Phi) is 2.30. The lowest BCUT2D eigenvalue weighted by Gasteiger charge is -2.15. The first-order chi connectivity index (χ1) is 6.75. The molecule has 76 valence electrons. The van der Waals surface area contributed by atoms with Crippen molar-refractivity contribution in [3.8, 4) is 0 Å². The van der Waals surface area contributed by atoms with Crippen molar-refractivity contribution in [3.63, 3.8) is 0 Å². The molecule has 1 aromatic rings. The molecule has 0 bridgehead atoms. The second kappa shape index (κ2) is 3.61. The number of nitrogens with one attached hydrogen (secondary N) is 1. The molecule has 5 nitrogen and oxygen atoms in total. The van der Waals surface area contributed by atoms with E-state index in [0.717, 1.165) is 18.7 Å². The highest BCUT2D eigenvalue weighted by molar-refractivity contribution is 5.65. The number of anilines is 1. The lowest BCUT2D eigenvalue weighted by molar-refractivity contribution is 0.191. The molecule has 1 amide bonds. The van der Waals surface area contributed by atoms with Gasteiger partial charge in [0, 0.05) is 13.1 Å². The van der Waals surface area contributed by atoms with E-state index in [1.807, 2.05) is 6.07 Å². The molecule has 0 unspecified atom stereocenters. The van der Waals surface area contributed by atoms with Crippen LogP contribution in [0.25, 0.3) is 0 Å². The summed E-state index contributed by atoms with van der Waals surface area (Å²) in [5.74, 6) is 0. The molecule has 1 aliphatic rings. The van der Waals surface area contributed by atoms with Crippen LogP contribution in [-0.4, -0.2) is 30.3 Å². The van der Waals surface area contributed by atoms with Gasteiger partial charge in [-0.1, -0.05) is 0 Å². The highest BCUT2D eigenvalue weighted by atomic mass is 16.4. The smallest absolute Gasteiger partial charge is 0.404 e. The number of nitrogens with zero attached hydrogens (tertiary/aromatic N) is 1. The molecule has 1 atom stereocenters. The summed E-state index contributed by atoms with van der Waals surface area (Å²) in [5, 5.41) is 11.0. The Balaban J connectivity index is 1.92. The molecule has 0 saturated carbocycles. The van der Waals surface area contributed by atoms with Crippen LogP contribution in [0.5, 0.6) is 0 Å². The Morgan fingerprint density at radius 2 is 2.57 bits per heavy atom. The zero-order chi connectivity index (χ0) is 9.97. The summed E-state index contributed by atoms with van der Waals surface area (Å²) < 4.78 is 4.96. The van der Waals surface area contributed by atoms with Crippen molar-refractivity contribution < 1.29 is 14.3 Å². The molecular weight excluding hydrogens is 184 g/mol. The van der Waals surface area contributed by atoms with E-state index in [1.165, 1.54) is 0 Å². The third-order valence-corrected chi connectivity index (χ3v) is 2.39. The van der Waals surface area contributed by atoms with E-state index in [4.69, 9.17) is 9.52 Å². The summed E-state index contributed by atoms with van der Waals surface area (Å²) in [5.41, 5.74) is 1.01. The molecular formula is C9H12N2O3. The van der Waals surface area contributed by atoms with Crippen LogP contribution in [0.3, 0.4) is 0 Å². The zero-order valence-corrected chi connectivity index (χ0v) is 7.64. The fourth-order valence-electron chi connectivity index (χ4n) is 1.72. The Hall–Kier alpha value is -1.65. The van der Waals surface area contributed by atoms with E-state index in [2.05, 4.69) is 10.2 Å². The van der Waals surface area contributed by atoms with Gasteiger partial charge < -0.3 is 19.7 Å². The number of carbonyl (C=O) groups is 1. The monoisotopic (exact) mass is 196 g/mol. The largest absolute Gasteiger partial charge is 0.470 e. The number of amides is 1. The minimum Gasteiger partial charge on any atom is -0.470 e. The van der Waals surface area contributed by atoms with Crippen molar-refractivity contribution in [1.82, 2.24) is 5.32 Å². The maximum atomic E-state index is 10.4. The van der Waals surface area contributed by atoms with Gasteiger partial charge in [0.15, 0.2) is 0 Å². The SMILES string of the molecule is O=C(O)N[C@H]1CCN(c2ccoc2)C1. The lowest BCUT2D eigenvalue weighted by atomic mass is 10.3. The van der Waals surface area contributed by atoms with Gasteiger partial charge in [-0.25, -0.2) is 4.79 Å².